The van der Waals surface area contributed by atoms with Crippen LogP contribution in [0.25, 0.3) is 0 Å². The number of benzene rings is 1. The fraction of sp³-hybridized carbons (Fsp3) is 0.474. The first-order valence-corrected chi connectivity index (χ1v) is 8.59. The number of hydrogen-bond acceptors (Lipinski definition) is 3. The van der Waals surface area contributed by atoms with Crippen molar-refractivity contribution < 1.29 is 14.3 Å². The molecule has 5 heteroatoms. The number of rotatable bonds is 6. The molecule has 0 aliphatic heterocycles. The van der Waals surface area contributed by atoms with Crippen molar-refractivity contribution in [3.05, 3.63) is 35.9 Å². The minimum absolute atomic E-state index is 0.0133. The van der Waals surface area contributed by atoms with Gasteiger partial charge >= 0.3 is 11.8 Å². The van der Waals surface area contributed by atoms with Gasteiger partial charge in [0.2, 0.25) is 0 Å². The smallest absolute Gasteiger partial charge is 0.313 e. The molecule has 0 spiro atoms. The van der Waals surface area contributed by atoms with Crippen LogP contribution in [0.3, 0.4) is 0 Å². The zero-order chi connectivity index (χ0) is 17.4. The van der Waals surface area contributed by atoms with Crippen molar-refractivity contribution in [3.8, 4) is 5.75 Å². The molecule has 0 radical (unpaired) electrons. The Morgan fingerprint density at radius 1 is 1.17 bits per heavy atom. The summed E-state index contributed by atoms with van der Waals surface area (Å²) in [6.45, 7) is 4.30. The molecule has 130 valence electrons. The van der Waals surface area contributed by atoms with E-state index >= 15 is 0 Å². The van der Waals surface area contributed by atoms with Gasteiger partial charge in [0.15, 0.2) is 0 Å². The van der Waals surface area contributed by atoms with E-state index in [-0.39, 0.29) is 6.10 Å². The van der Waals surface area contributed by atoms with Crippen molar-refractivity contribution in [2.75, 3.05) is 11.9 Å². The number of allylic oxidation sites excluding steroid dienone is 1. The maximum Gasteiger partial charge on any atom is 0.313 e. The molecular weight excluding hydrogens is 304 g/mol. The van der Waals surface area contributed by atoms with E-state index in [1.54, 1.807) is 18.2 Å². The number of hydrogen-bond donors (Lipinski definition) is 2. The van der Waals surface area contributed by atoms with Gasteiger partial charge in [-0.05, 0) is 58.1 Å². The fourth-order valence-corrected chi connectivity index (χ4v) is 2.65. The molecule has 1 aromatic rings. The molecule has 0 heterocycles. The number of anilines is 1. The lowest BCUT2D eigenvalue weighted by Crippen LogP contribution is -2.36. The molecule has 0 bridgehead atoms. The lowest BCUT2D eigenvalue weighted by Gasteiger charge is -2.15. The van der Waals surface area contributed by atoms with Gasteiger partial charge in [0.05, 0.1) is 11.8 Å². The third-order valence-electron chi connectivity index (χ3n) is 3.82. The molecule has 0 atom stereocenters. The summed E-state index contributed by atoms with van der Waals surface area (Å²) in [5.74, 6) is -0.737. The van der Waals surface area contributed by atoms with Crippen LogP contribution < -0.4 is 15.4 Å². The summed E-state index contributed by atoms with van der Waals surface area (Å²) < 4.78 is 5.63. The predicted octanol–water partition coefficient (Wildman–Crippen LogP) is 3.42. The van der Waals surface area contributed by atoms with E-state index in [1.807, 2.05) is 19.9 Å². The Morgan fingerprint density at radius 3 is 2.67 bits per heavy atom. The maximum atomic E-state index is 12.0. The van der Waals surface area contributed by atoms with Crippen molar-refractivity contribution >= 4 is 17.5 Å². The highest BCUT2D eigenvalue weighted by atomic mass is 16.5. The van der Waals surface area contributed by atoms with Crippen LogP contribution in [0.15, 0.2) is 35.9 Å². The number of amides is 2. The maximum absolute atomic E-state index is 12.0. The van der Waals surface area contributed by atoms with Crippen molar-refractivity contribution in [1.29, 1.82) is 0 Å². The second-order valence-corrected chi connectivity index (χ2v) is 6.23. The Balaban J connectivity index is 1.83. The number of nitrogens with one attached hydrogen (secondary N) is 2. The van der Waals surface area contributed by atoms with E-state index in [1.165, 1.54) is 18.4 Å². The van der Waals surface area contributed by atoms with Gasteiger partial charge in [0.1, 0.15) is 5.75 Å². The summed E-state index contributed by atoms with van der Waals surface area (Å²) in [4.78, 5) is 24.0. The quantitative estimate of drug-likeness (QED) is 0.620. The molecule has 0 fully saturated rings. The fourth-order valence-electron chi connectivity index (χ4n) is 2.65. The molecular formula is C19H26N2O3. The van der Waals surface area contributed by atoms with E-state index in [0.29, 0.717) is 18.0 Å². The van der Waals surface area contributed by atoms with Gasteiger partial charge in [-0.3, -0.25) is 9.59 Å². The molecule has 1 aliphatic rings. The Morgan fingerprint density at radius 2 is 1.96 bits per heavy atom. The van der Waals surface area contributed by atoms with Crippen LogP contribution in [-0.2, 0) is 9.59 Å². The molecule has 5 nitrogen and oxygen atoms in total. The van der Waals surface area contributed by atoms with Gasteiger partial charge in [0, 0.05) is 6.54 Å². The second-order valence-electron chi connectivity index (χ2n) is 6.23. The van der Waals surface area contributed by atoms with Crippen molar-refractivity contribution in [3.63, 3.8) is 0 Å². The van der Waals surface area contributed by atoms with Crippen LogP contribution in [0.4, 0.5) is 5.69 Å². The van der Waals surface area contributed by atoms with Gasteiger partial charge in [0.25, 0.3) is 0 Å². The van der Waals surface area contributed by atoms with Crippen LogP contribution in [0.1, 0.15) is 46.0 Å². The van der Waals surface area contributed by atoms with Gasteiger partial charge < -0.3 is 15.4 Å². The number of carbonyl (C=O) groups is 2. The van der Waals surface area contributed by atoms with Crippen molar-refractivity contribution in [2.24, 2.45) is 0 Å². The molecule has 2 rings (SSSR count). The SMILES string of the molecule is CC(C)Oc1ccccc1NC(=O)C(=O)NCCC1=CCCCC1. The Labute approximate surface area is 143 Å². The van der Waals surface area contributed by atoms with Gasteiger partial charge in [-0.2, -0.15) is 0 Å². The first-order valence-electron chi connectivity index (χ1n) is 8.59. The molecule has 2 N–H and O–H groups in total. The van der Waals surface area contributed by atoms with Gasteiger partial charge in [-0.15, -0.1) is 0 Å². The van der Waals surface area contributed by atoms with E-state index in [9.17, 15) is 9.59 Å². The van der Waals surface area contributed by atoms with Gasteiger partial charge in [-0.25, -0.2) is 0 Å². The average molecular weight is 330 g/mol. The normalized spacial score (nSPS) is 14.0. The Bertz CT molecular complexity index is 608. The molecule has 2 amide bonds. The third-order valence-corrected chi connectivity index (χ3v) is 3.82. The number of para-hydroxylation sites is 2. The first kappa shape index (κ1) is 18.0. The topological polar surface area (TPSA) is 67.4 Å². The molecule has 0 aromatic heterocycles. The molecule has 1 aliphatic carbocycles. The molecule has 0 unspecified atom stereocenters. The lowest BCUT2D eigenvalue weighted by atomic mass is 9.97. The number of carbonyl (C=O) groups excluding carboxylic acids is 2. The Hall–Kier alpha value is -2.30. The lowest BCUT2D eigenvalue weighted by molar-refractivity contribution is -0.136. The molecule has 0 saturated carbocycles. The second kappa shape index (κ2) is 9.11. The van der Waals surface area contributed by atoms with Crippen LogP contribution in [0, 0.1) is 0 Å². The summed E-state index contributed by atoms with van der Waals surface area (Å²) in [6, 6.07) is 7.10. The summed E-state index contributed by atoms with van der Waals surface area (Å²) in [6.07, 6.45) is 7.73. The van der Waals surface area contributed by atoms with Crippen LogP contribution in [0.5, 0.6) is 5.75 Å². The average Bonchev–Trinajstić information content (AvgIpc) is 2.57. The molecule has 24 heavy (non-hydrogen) atoms. The van der Waals surface area contributed by atoms with Crippen molar-refractivity contribution in [2.45, 2.75) is 52.1 Å². The zero-order valence-electron chi connectivity index (χ0n) is 14.4. The summed E-state index contributed by atoms with van der Waals surface area (Å²) in [7, 11) is 0. The van der Waals surface area contributed by atoms with Crippen LogP contribution in [0.2, 0.25) is 0 Å². The highest BCUT2D eigenvalue weighted by Crippen LogP contribution is 2.24. The summed E-state index contributed by atoms with van der Waals surface area (Å²) in [5.41, 5.74) is 1.87. The molecule has 0 saturated heterocycles. The number of ether oxygens (including phenoxy) is 1. The van der Waals surface area contributed by atoms with E-state index in [4.69, 9.17) is 4.74 Å². The first-order chi connectivity index (χ1) is 11.6. The summed E-state index contributed by atoms with van der Waals surface area (Å²) >= 11 is 0. The highest BCUT2D eigenvalue weighted by Gasteiger charge is 2.16. The van der Waals surface area contributed by atoms with Crippen LogP contribution >= 0.6 is 0 Å². The minimum atomic E-state index is -0.674. The van der Waals surface area contributed by atoms with Gasteiger partial charge in [-0.1, -0.05) is 23.8 Å². The third kappa shape index (κ3) is 5.72. The zero-order valence-corrected chi connectivity index (χ0v) is 14.4. The van der Waals surface area contributed by atoms with E-state index in [2.05, 4.69) is 16.7 Å². The van der Waals surface area contributed by atoms with Crippen LogP contribution in [-0.4, -0.2) is 24.5 Å². The van der Waals surface area contributed by atoms with Crippen molar-refractivity contribution in [1.82, 2.24) is 5.32 Å². The standard InChI is InChI=1S/C19H26N2O3/c1-14(2)24-17-11-7-6-10-16(17)21-19(23)18(22)20-13-12-15-8-4-3-5-9-15/h6-8,10-11,14H,3-5,9,12-13H2,1-2H3,(H,20,22)(H,21,23). The predicted molar refractivity (Wildman–Crippen MR) is 95.0 cm³/mol. The summed E-state index contributed by atoms with van der Waals surface area (Å²) in [5, 5.41) is 5.29. The largest absolute Gasteiger partial charge is 0.489 e. The van der Waals surface area contributed by atoms with E-state index in [0.717, 1.165) is 19.3 Å². The van der Waals surface area contributed by atoms with E-state index < -0.39 is 11.8 Å². The highest BCUT2D eigenvalue weighted by molar-refractivity contribution is 6.39. The minimum Gasteiger partial charge on any atom is -0.489 e. The molecule has 1 aromatic carbocycles. The Kier molecular flexibility index (Phi) is 6.85. The monoisotopic (exact) mass is 330 g/mol.